The van der Waals surface area contributed by atoms with Crippen LogP contribution in [0, 0.1) is 6.92 Å². The van der Waals surface area contributed by atoms with Crippen molar-refractivity contribution in [3.05, 3.63) is 48.3 Å². The van der Waals surface area contributed by atoms with Crippen LogP contribution in [-0.2, 0) is 0 Å². The Morgan fingerprint density at radius 3 is 2.84 bits per heavy atom. The second-order valence-electron chi connectivity index (χ2n) is 4.13. The number of nitrogen functional groups attached to an aromatic ring is 1. The Hall–Kier alpha value is -2.69. The van der Waals surface area contributed by atoms with E-state index in [1.165, 1.54) is 0 Å². The molecule has 5 nitrogen and oxygen atoms in total. The quantitative estimate of drug-likeness (QED) is 0.759. The highest BCUT2D eigenvalue weighted by Crippen LogP contribution is 2.28. The van der Waals surface area contributed by atoms with Gasteiger partial charge in [0, 0.05) is 23.3 Å². The van der Waals surface area contributed by atoms with Crippen LogP contribution < -0.4 is 10.5 Å². The molecule has 1 aromatic carbocycles. The molecule has 2 heterocycles. The summed E-state index contributed by atoms with van der Waals surface area (Å²) in [6.45, 7) is 1.84. The molecule has 0 fully saturated rings. The molecular formula is C14H12N4O. The van der Waals surface area contributed by atoms with Crippen LogP contribution in [0.1, 0.15) is 5.69 Å². The predicted octanol–water partition coefficient (Wildman–Crippen LogP) is 2.71. The van der Waals surface area contributed by atoms with Crippen molar-refractivity contribution >= 4 is 16.9 Å². The van der Waals surface area contributed by atoms with Crippen LogP contribution in [0.4, 0.5) is 5.95 Å². The topological polar surface area (TPSA) is 73.9 Å². The molecule has 0 radical (unpaired) electrons. The summed E-state index contributed by atoms with van der Waals surface area (Å²) >= 11 is 0. The van der Waals surface area contributed by atoms with Gasteiger partial charge in [0.05, 0.1) is 5.52 Å². The van der Waals surface area contributed by atoms with E-state index >= 15 is 0 Å². The lowest BCUT2D eigenvalue weighted by Crippen LogP contribution is -1.99. The van der Waals surface area contributed by atoms with Gasteiger partial charge in [-0.3, -0.25) is 4.98 Å². The zero-order valence-electron chi connectivity index (χ0n) is 10.4. The molecule has 3 aromatic rings. The van der Waals surface area contributed by atoms with Gasteiger partial charge in [0.1, 0.15) is 5.75 Å². The molecule has 0 aliphatic carbocycles. The average molecular weight is 252 g/mol. The van der Waals surface area contributed by atoms with Gasteiger partial charge in [0.2, 0.25) is 11.8 Å². The maximum Gasteiger partial charge on any atom is 0.224 e. The number of aryl methyl sites for hydroxylation is 1. The number of anilines is 1. The number of benzene rings is 1. The van der Waals surface area contributed by atoms with E-state index < -0.39 is 0 Å². The number of aromatic nitrogens is 3. The molecule has 2 aromatic heterocycles. The molecule has 0 saturated carbocycles. The number of nitrogens with zero attached hydrogens (tertiary/aromatic N) is 3. The Balaban J connectivity index is 2.05. The van der Waals surface area contributed by atoms with Gasteiger partial charge >= 0.3 is 0 Å². The fourth-order valence-corrected chi connectivity index (χ4v) is 1.89. The van der Waals surface area contributed by atoms with Gasteiger partial charge in [0.25, 0.3) is 0 Å². The molecule has 0 saturated heterocycles. The number of nitrogens with two attached hydrogens (primary N) is 1. The zero-order chi connectivity index (χ0) is 13.2. The van der Waals surface area contributed by atoms with Crippen LogP contribution >= 0.6 is 0 Å². The molecular weight excluding hydrogens is 240 g/mol. The normalized spacial score (nSPS) is 10.6. The molecule has 19 heavy (non-hydrogen) atoms. The molecule has 0 amide bonds. The molecule has 0 spiro atoms. The summed E-state index contributed by atoms with van der Waals surface area (Å²) in [6, 6.07) is 11.3. The van der Waals surface area contributed by atoms with E-state index in [4.69, 9.17) is 10.5 Å². The van der Waals surface area contributed by atoms with Gasteiger partial charge < -0.3 is 10.5 Å². The Kier molecular flexibility index (Phi) is 2.72. The minimum absolute atomic E-state index is 0.202. The second kappa shape index (κ2) is 4.53. The van der Waals surface area contributed by atoms with Crippen molar-refractivity contribution in [2.75, 3.05) is 5.73 Å². The van der Waals surface area contributed by atoms with E-state index in [0.29, 0.717) is 11.6 Å². The van der Waals surface area contributed by atoms with Crippen molar-refractivity contribution in [2.24, 2.45) is 0 Å². The molecule has 0 bridgehead atoms. The van der Waals surface area contributed by atoms with Crippen molar-refractivity contribution in [3.63, 3.8) is 0 Å². The SMILES string of the molecule is Cc1cc(Oc2cccc3ncccc23)nc(N)n1. The summed E-state index contributed by atoms with van der Waals surface area (Å²) in [4.78, 5) is 12.4. The number of hydrogen-bond acceptors (Lipinski definition) is 5. The summed E-state index contributed by atoms with van der Waals surface area (Å²) in [7, 11) is 0. The highest BCUT2D eigenvalue weighted by Gasteiger charge is 2.06. The van der Waals surface area contributed by atoms with Gasteiger partial charge in [-0.05, 0) is 31.2 Å². The first kappa shape index (κ1) is 11.4. The Morgan fingerprint density at radius 2 is 2.00 bits per heavy atom. The number of ether oxygens (including phenoxy) is 1. The highest BCUT2D eigenvalue weighted by atomic mass is 16.5. The first-order valence-electron chi connectivity index (χ1n) is 5.85. The third kappa shape index (κ3) is 2.30. The molecule has 3 rings (SSSR count). The van der Waals surface area contributed by atoms with Crippen molar-refractivity contribution in [3.8, 4) is 11.6 Å². The Morgan fingerprint density at radius 1 is 1.11 bits per heavy atom. The summed E-state index contributed by atoms with van der Waals surface area (Å²) in [5.41, 5.74) is 7.25. The maximum atomic E-state index is 5.78. The van der Waals surface area contributed by atoms with Gasteiger partial charge in [-0.2, -0.15) is 4.98 Å². The third-order valence-corrected chi connectivity index (χ3v) is 2.67. The number of fused-ring (bicyclic) bond motifs is 1. The summed E-state index contributed by atoms with van der Waals surface area (Å²) in [5, 5.41) is 0.930. The summed E-state index contributed by atoms with van der Waals surface area (Å²) in [5.74, 6) is 1.33. The van der Waals surface area contributed by atoms with Crippen molar-refractivity contribution in [1.29, 1.82) is 0 Å². The van der Waals surface area contributed by atoms with Crippen LogP contribution in [0.15, 0.2) is 42.6 Å². The van der Waals surface area contributed by atoms with E-state index in [1.807, 2.05) is 37.3 Å². The standard InChI is InChI=1S/C14H12N4O/c1-9-8-13(18-14(15)17-9)19-12-6-2-5-11-10(12)4-3-7-16-11/h2-8H,1H3,(H2,15,17,18). The number of pyridine rings is 1. The first-order valence-corrected chi connectivity index (χ1v) is 5.85. The Bertz CT molecular complexity index is 717. The van der Waals surface area contributed by atoms with Crippen LogP contribution in [-0.4, -0.2) is 15.0 Å². The summed E-state index contributed by atoms with van der Waals surface area (Å²) < 4.78 is 5.78. The molecule has 0 unspecified atom stereocenters. The molecule has 0 atom stereocenters. The zero-order valence-corrected chi connectivity index (χ0v) is 10.4. The lowest BCUT2D eigenvalue weighted by molar-refractivity contribution is 0.467. The monoisotopic (exact) mass is 252 g/mol. The largest absolute Gasteiger partial charge is 0.438 e. The molecule has 94 valence electrons. The van der Waals surface area contributed by atoms with Crippen LogP contribution in [0.25, 0.3) is 10.9 Å². The highest BCUT2D eigenvalue weighted by molar-refractivity contribution is 5.85. The van der Waals surface area contributed by atoms with Gasteiger partial charge in [-0.15, -0.1) is 0 Å². The maximum absolute atomic E-state index is 5.78. The van der Waals surface area contributed by atoms with E-state index in [2.05, 4.69) is 15.0 Å². The van der Waals surface area contributed by atoms with E-state index in [1.54, 1.807) is 12.3 Å². The molecule has 5 heteroatoms. The van der Waals surface area contributed by atoms with Crippen molar-refractivity contribution < 1.29 is 4.74 Å². The number of rotatable bonds is 2. The predicted molar refractivity (Wildman–Crippen MR) is 73.0 cm³/mol. The fraction of sp³-hybridized carbons (Fsp3) is 0.0714. The fourth-order valence-electron chi connectivity index (χ4n) is 1.89. The van der Waals surface area contributed by atoms with E-state index in [9.17, 15) is 0 Å². The van der Waals surface area contributed by atoms with E-state index in [0.717, 1.165) is 16.6 Å². The smallest absolute Gasteiger partial charge is 0.224 e. The molecule has 2 N–H and O–H groups in total. The minimum Gasteiger partial charge on any atom is -0.438 e. The second-order valence-corrected chi connectivity index (χ2v) is 4.13. The average Bonchev–Trinajstić information content (AvgIpc) is 2.38. The van der Waals surface area contributed by atoms with Crippen LogP contribution in [0.3, 0.4) is 0 Å². The third-order valence-electron chi connectivity index (χ3n) is 2.67. The van der Waals surface area contributed by atoms with Crippen molar-refractivity contribution in [1.82, 2.24) is 15.0 Å². The van der Waals surface area contributed by atoms with Crippen LogP contribution in [0.5, 0.6) is 11.6 Å². The van der Waals surface area contributed by atoms with Gasteiger partial charge in [-0.25, -0.2) is 4.98 Å². The number of hydrogen-bond donors (Lipinski definition) is 1. The van der Waals surface area contributed by atoms with Gasteiger partial charge in [0.15, 0.2) is 0 Å². The Labute approximate surface area is 110 Å². The van der Waals surface area contributed by atoms with Crippen molar-refractivity contribution in [2.45, 2.75) is 6.92 Å². The van der Waals surface area contributed by atoms with Gasteiger partial charge in [-0.1, -0.05) is 6.07 Å². The first-order chi connectivity index (χ1) is 9.22. The summed E-state index contributed by atoms with van der Waals surface area (Å²) in [6.07, 6.45) is 1.75. The van der Waals surface area contributed by atoms with E-state index in [-0.39, 0.29) is 5.95 Å². The molecule has 0 aliphatic heterocycles. The lowest BCUT2D eigenvalue weighted by Gasteiger charge is -2.08. The minimum atomic E-state index is 0.202. The molecule has 0 aliphatic rings. The van der Waals surface area contributed by atoms with Crippen LogP contribution in [0.2, 0.25) is 0 Å². The lowest BCUT2D eigenvalue weighted by atomic mass is 10.2.